The molecule has 1 saturated heterocycles. The molecule has 0 saturated carbocycles. The van der Waals surface area contributed by atoms with Crippen LogP contribution in [0, 0.1) is 0 Å². The molecule has 1 aliphatic rings. The maximum Gasteiger partial charge on any atom is 0.244 e. The molecule has 0 spiro atoms. The lowest BCUT2D eigenvalue weighted by Gasteiger charge is -2.31. The number of benzene rings is 1. The first-order chi connectivity index (χ1) is 13.7. The molecule has 2 aromatic rings. The van der Waals surface area contributed by atoms with Crippen LogP contribution < -0.4 is 0 Å². The van der Waals surface area contributed by atoms with Crippen LogP contribution in [0.5, 0.6) is 0 Å². The summed E-state index contributed by atoms with van der Waals surface area (Å²) in [6, 6.07) is 4.57. The minimum absolute atomic E-state index is 0.0105. The molecule has 1 aliphatic heterocycles. The van der Waals surface area contributed by atoms with E-state index in [0.717, 1.165) is 5.82 Å². The van der Waals surface area contributed by atoms with Crippen molar-refractivity contribution in [1.82, 2.24) is 13.9 Å². The van der Waals surface area contributed by atoms with Gasteiger partial charge in [0.25, 0.3) is 0 Å². The van der Waals surface area contributed by atoms with Gasteiger partial charge in [0, 0.05) is 43.7 Å². The summed E-state index contributed by atoms with van der Waals surface area (Å²) in [5.41, 5.74) is 0. The van der Waals surface area contributed by atoms with Crippen molar-refractivity contribution in [3.05, 3.63) is 46.5 Å². The number of hydrogen-bond donors (Lipinski definition) is 0. The number of imidazole rings is 1. The fraction of sp³-hybridized carbons (Fsp3) is 0.500. The molecule has 1 aromatic carbocycles. The number of halogens is 2. The fourth-order valence-corrected chi connectivity index (χ4v) is 6.40. The third-order valence-electron chi connectivity index (χ3n) is 5.18. The molecule has 0 radical (unpaired) electrons. The molecular formula is C18H23Cl2N3O4S2. The Morgan fingerprint density at radius 2 is 1.83 bits per heavy atom. The zero-order chi connectivity index (χ0) is 21.2. The molecule has 0 atom stereocenters. The zero-order valence-corrected chi connectivity index (χ0v) is 19.1. The minimum atomic E-state index is -3.74. The largest absolute Gasteiger partial charge is 0.334 e. The number of aryl methyl sites for hydroxylation is 1. The second-order valence-electron chi connectivity index (χ2n) is 6.95. The van der Waals surface area contributed by atoms with E-state index in [1.165, 1.54) is 10.4 Å². The van der Waals surface area contributed by atoms with Crippen molar-refractivity contribution in [2.75, 3.05) is 24.6 Å². The van der Waals surface area contributed by atoms with Crippen molar-refractivity contribution < 1.29 is 16.8 Å². The lowest BCUT2D eigenvalue weighted by molar-refractivity contribution is 0.309. The molecule has 2 heterocycles. The van der Waals surface area contributed by atoms with Gasteiger partial charge in [0.15, 0.2) is 9.84 Å². The van der Waals surface area contributed by atoms with Gasteiger partial charge in [-0.3, -0.25) is 0 Å². The number of sulfonamides is 1. The van der Waals surface area contributed by atoms with Gasteiger partial charge in [-0.1, -0.05) is 36.2 Å². The van der Waals surface area contributed by atoms with Crippen LogP contribution in [-0.2, 0) is 26.4 Å². The smallest absolute Gasteiger partial charge is 0.244 e. The molecule has 3 rings (SSSR count). The monoisotopic (exact) mass is 479 g/mol. The van der Waals surface area contributed by atoms with Crippen LogP contribution in [0.4, 0.5) is 0 Å². The summed E-state index contributed by atoms with van der Waals surface area (Å²) >= 11 is 12.1. The Labute approximate surface area is 181 Å². The van der Waals surface area contributed by atoms with Crippen molar-refractivity contribution >= 4 is 43.1 Å². The van der Waals surface area contributed by atoms with Gasteiger partial charge in [0.2, 0.25) is 10.0 Å². The highest BCUT2D eigenvalue weighted by Crippen LogP contribution is 2.34. The number of sulfone groups is 1. The summed E-state index contributed by atoms with van der Waals surface area (Å²) in [5.74, 6) is 1.04. The molecule has 0 amide bonds. The highest BCUT2D eigenvalue weighted by atomic mass is 35.5. The van der Waals surface area contributed by atoms with Crippen molar-refractivity contribution in [3.8, 4) is 0 Å². The number of nitrogens with zero attached hydrogens (tertiary/aromatic N) is 3. The second kappa shape index (κ2) is 8.93. The van der Waals surface area contributed by atoms with E-state index in [0.29, 0.717) is 32.5 Å². The van der Waals surface area contributed by atoms with Gasteiger partial charge in [-0.15, -0.1) is 0 Å². The molecule has 0 bridgehead atoms. The predicted octanol–water partition coefficient (Wildman–Crippen LogP) is 3.19. The third kappa shape index (κ3) is 4.96. The SMILES string of the molecule is CCS(=O)(=O)CCn1ccnc1C1CCN(S(=O)(=O)c2cccc(Cl)c2Cl)CC1. The Morgan fingerprint density at radius 3 is 2.48 bits per heavy atom. The van der Waals surface area contributed by atoms with Crippen molar-refractivity contribution in [3.63, 3.8) is 0 Å². The predicted molar refractivity (Wildman–Crippen MR) is 114 cm³/mol. The maximum atomic E-state index is 13.0. The summed E-state index contributed by atoms with van der Waals surface area (Å²) < 4.78 is 52.8. The molecule has 29 heavy (non-hydrogen) atoms. The lowest BCUT2D eigenvalue weighted by atomic mass is 9.97. The maximum absolute atomic E-state index is 13.0. The van der Waals surface area contributed by atoms with Crippen LogP contribution in [0.1, 0.15) is 31.5 Å². The number of aromatic nitrogens is 2. The zero-order valence-electron chi connectivity index (χ0n) is 16.0. The van der Waals surface area contributed by atoms with E-state index in [4.69, 9.17) is 23.2 Å². The first-order valence-electron chi connectivity index (χ1n) is 9.31. The standard InChI is InChI=1S/C18H23Cl2N3O4S2/c1-2-28(24,25)13-12-22-11-8-21-18(22)14-6-9-23(10-7-14)29(26,27)16-5-3-4-15(19)17(16)20/h3-5,8,11,14H,2,6-7,9-10,12-13H2,1H3. The Bertz CT molecular complexity index is 1080. The van der Waals surface area contributed by atoms with E-state index >= 15 is 0 Å². The fourth-order valence-electron chi connectivity index (χ4n) is 3.43. The lowest BCUT2D eigenvalue weighted by Crippen LogP contribution is -2.38. The Balaban J connectivity index is 1.70. The second-order valence-corrected chi connectivity index (χ2v) is 12.1. The first kappa shape index (κ1) is 22.6. The number of piperidine rings is 1. The summed E-state index contributed by atoms with van der Waals surface area (Å²) in [6.45, 7) is 2.64. The Kier molecular flexibility index (Phi) is 6.95. The molecule has 0 N–H and O–H groups in total. The van der Waals surface area contributed by atoms with E-state index in [1.807, 2.05) is 4.57 Å². The van der Waals surface area contributed by atoms with Gasteiger partial charge in [-0.25, -0.2) is 21.8 Å². The summed E-state index contributed by atoms with van der Waals surface area (Å²) in [7, 11) is -6.81. The molecule has 160 valence electrons. The third-order valence-corrected chi connectivity index (χ3v) is 9.74. The first-order valence-corrected chi connectivity index (χ1v) is 13.3. The normalized spacial score (nSPS) is 16.9. The molecule has 0 aliphatic carbocycles. The Hall–Kier alpha value is -1.13. The van der Waals surface area contributed by atoms with E-state index in [9.17, 15) is 16.8 Å². The molecule has 1 fully saturated rings. The van der Waals surface area contributed by atoms with Crippen LogP contribution in [-0.4, -0.2) is 55.3 Å². The van der Waals surface area contributed by atoms with Crippen LogP contribution in [0.2, 0.25) is 10.0 Å². The topological polar surface area (TPSA) is 89.3 Å². The van der Waals surface area contributed by atoms with Crippen molar-refractivity contribution in [2.24, 2.45) is 0 Å². The van der Waals surface area contributed by atoms with Gasteiger partial charge < -0.3 is 4.57 Å². The number of rotatable bonds is 7. The van der Waals surface area contributed by atoms with E-state index < -0.39 is 19.9 Å². The molecular weight excluding hydrogens is 457 g/mol. The number of hydrogen-bond acceptors (Lipinski definition) is 5. The van der Waals surface area contributed by atoms with Crippen LogP contribution in [0.15, 0.2) is 35.5 Å². The molecule has 11 heteroatoms. The van der Waals surface area contributed by atoms with Gasteiger partial charge >= 0.3 is 0 Å². The summed E-state index contributed by atoms with van der Waals surface area (Å²) in [6.07, 6.45) is 4.61. The van der Waals surface area contributed by atoms with Crippen LogP contribution in [0.3, 0.4) is 0 Å². The molecule has 1 aromatic heterocycles. The van der Waals surface area contributed by atoms with E-state index in [1.54, 1.807) is 31.5 Å². The van der Waals surface area contributed by atoms with Gasteiger partial charge in [-0.05, 0) is 25.0 Å². The highest BCUT2D eigenvalue weighted by molar-refractivity contribution is 7.91. The van der Waals surface area contributed by atoms with Gasteiger partial charge in [0.05, 0.1) is 15.8 Å². The average molecular weight is 480 g/mol. The quantitative estimate of drug-likeness (QED) is 0.607. The van der Waals surface area contributed by atoms with Gasteiger partial charge in [-0.2, -0.15) is 4.31 Å². The minimum Gasteiger partial charge on any atom is -0.334 e. The Morgan fingerprint density at radius 1 is 1.14 bits per heavy atom. The summed E-state index contributed by atoms with van der Waals surface area (Å²) in [4.78, 5) is 4.41. The van der Waals surface area contributed by atoms with Crippen LogP contribution >= 0.6 is 23.2 Å². The summed E-state index contributed by atoms with van der Waals surface area (Å²) in [5, 5.41) is 0.232. The highest BCUT2D eigenvalue weighted by Gasteiger charge is 2.33. The van der Waals surface area contributed by atoms with Gasteiger partial charge in [0.1, 0.15) is 10.7 Å². The molecule has 7 nitrogen and oxygen atoms in total. The van der Waals surface area contributed by atoms with Crippen LogP contribution in [0.25, 0.3) is 0 Å². The van der Waals surface area contributed by atoms with Crippen molar-refractivity contribution in [2.45, 2.75) is 37.1 Å². The molecule has 0 unspecified atom stereocenters. The van der Waals surface area contributed by atoms with E-state index in [-0.39, 0.29) is 32.4 Å². The average Bonchev–Trinajstić information content (AvgIpc) is 3.17. The van der Waals surface area contributed by atoms with Crippen molar-refractivity contribution in [1.29, 1.82) is 0 Å². The van der Waals surface area contributed by atoms with E-state index in [2.05, 4.69) is 4.98 Å².